The van der Waals surface area contributed by atoms with Gasteiger partial charge in [0.05, 0.1) is 17.4 Å². The Kier molecular flexibility index (Phi) is 5.30. The van der Waals surface area contributed by atoms with Crippen LogP contribution in [0.1, 0.15) is 10.4 Å². The second-order valence-electron chi connectivity index (χ2n) is 6.45. The SMILES string of the molecule is O=C(O)CNC(=O)c1c(O)c(-c2cccs2)cc2nc(-c3ccc(F)c(F)c3)cnc12. The first-order chi connectivity index (χ1) is 14.8. The molecular formula is C21H13F2N3O4S. The van der Waals surface area contributed by atoms with Crippen molar-refractivity contribution in [3.8, 4) is 27.4 Å². The van der Waals surface area contributed by atoms with Gasteiger partial charge >= 0.3 is 5.97 Å². The van der Waals surface area contributed by atoms with Crippen LogP contribution in [0.3, 0.4) is 0 Å². The van der Waals surface area contributed by atoms with Crippen molar-refractivity contribution in [2.75, 3.05) is 6.54 Å². The van der Waals surface area contributed by atoms with Crippen molar-refractivity contribution in [3.63, 3.8) is 0 Å². The first-order valence-electron chi connectivity index (χ1n) is 8.87. The molecule has 0 aliphatic carbocycles. The Balaban J connectivity index is 1.92. The minimum atomic E-state index is -1.25. The first-order valence-corrected chi connectivity index (χ1v) is 9.75. The van der Waals surface area contributed by atoms with Gasteiger partial charge in [0.15, 0.2) is 11.6 Å². The number of nitrogens with one attached hydrogen (secondary N) is 1. The highest BCUT2D eigenvalue weighted by Gasteiger charge is 2.23. The average Bonchev–Trinajstić information content (AvgIpc) is 3.28. The van der Waals surface area contributed by atoms with Crippen LogP contribution in [0.15, 0.2) is 48.0 Å². The first kappa shape index (κ1) is 20.4. The van der Waals surface area contributed by atoms with Gasteiger partial charge in [0.1, 0.15) is 23.4 Å². The van der Waals surface area contributed by atoms with Gasteiger partial charge in [0, 0.05) is 16.0 Å². The van der Waals surface area contributed by atoms with E-state index in [9.17, 15) is 23.5 Å². The minimum Gasteiger partial charge on any atom is -0.506 e. The van der Waals surface area contributed by atoms with Crippen LogP contribution in [0.5, 0.6) is 5.75 Å². The molecule has 1 amide bonds. The van der Waals surface area contributed by atoms with E-state index < -0.39 is 30.1 Å². The number of hydrogen-bond donors (Lipinski definition) is 3. The Bertz CT molecular complexity index is 1330. The van der Waals surface area contributed by atoms with Crippen molar-refractivity contribution in [1.29, 1.82) is 0 Å². The highest BCUT2D eigenvalue weighted by atomic mass is 32.1. The van der Waals surface area contributed by atoms with Gasteiger partial charge in [-0.15, -0.1) is 11.3 Å². The molecular weight excluding hydrogens is 428 g/mol. The van der Waals surface area contributed by atoms with Crippen LogP contribution < -0.4 is 5.32 Å². The molecule has 0 saturated heterocycles. The molecule has 4 rings (SSSR count). The predicted octanol–water partition coefficient (Wildman–Crippen LogP) is 3.82. The van der Waals surface area contributed by atoms with E-state index in [0.29, 0.717) is 10.4 Å². The summed E-state index contributed by atoms with van der Waals surface area (Å²) in [5.41, 5.74) is 0.823. The zero-order valence-corrected chi connectivity index (χ0v) is 16.4. The Labute approximate surface area is 177 Å². The molecule has 0 bridgehead atoms. The molecule has 10 heteroatoms. The molecule has 0 radical (unpaired) electrons. The van der Waals surface area contributed by atoms with E-state index in [4.69, 9.17) is 5.11 Å². The Morgan fingerprint density at radius 3 is 2.61 bits per heavy atom. The number of carboxylic acids is 1. The van der Waals surface area contributed by atoms with Gasteiger partial charge in [-0.1, -0.05) is 6.07 Å². The smallest absolute Gasteiger partial charge is 0.322 e. The molecule has 0 spiro atoms. The molecule has 156 valence electrons. The summed E-state index contributed by atoms with van der Waals surface area (Å²) >= 11 is 1.32. The summed E-state index contributed by atoms with van der Waals surface area (Å²) in [5, 5.41) is 23.6. The van der Waals surface area contributed by atoms with Crippen molar-refractivity contribution in [2.45, 2.75) is 0 Å². The molecule has 7 nitrogen and oxygen atoms in total. The van der Waals surface area contributed by atoms with E-state index in [0.717, 1.165) is 12.1 Å². The van der Waals surface area contributed by atoms with Crippen molar-refractivity contribution >= 4 is 34.2 Å². The lowest BCUT2D eigenvalue weighted by Gasteiger charge is -2.13. The summed E-state index contributed by atoms with van der Waals surface area (Å²) in [6.45, 7) is -0.649. The summed E-state index contributed by atoms with van der Waals surface area (Å²) in [5.74, 6) is -4.50. The van der Waals surface area contributed by atoms with Crippen LogP contribution in [-0.4, -0.2) is 38.6 Å². The zero-order chi connectivity index (χ0) is 22.1. The van der Waals surface area contributed by atoms with E-state index in [2.05, 4.69) is 15.3 Å². The summed E-state index contributed by atoms with van der Waals surface area (Å²) < 4.78 is 26.9. The Morgan fingerprint density at radius 1 is 1.13 bits per heavy atom. The van der Waals surface area contributed by atoms with Gasteiger partial charge in [-0.05, 0) is 35.7 Å². The lowest BCUT2D eigenvalue weighted by molar-refractivity contribution is -0.135. The van der Waals surface area contributed by atoms with Crippen molar-refractivity contribution in [2.24, 2.45) is 0 Å². The number of thiophene rings is 1. The maximum Gasteiger partial charge on any atom is 0.322 e. The van der Waals surface area contributed by atoms with Crippen LogP contribution >= 0.6 is 11.3 Å². The number of benzene rings is 2. The van der Waals surface area contributed by atoms with Gasteiger partial charge in [0.25, 0.3) is 5.91 Å². The molecule has 2 aromatic carbocycles. The standard InChI is InChI=1S/C21H13F2N3O4S/c22-12-4-3-10(6-13(12)23)15-8-24-19-14(26-15)7-11(16-2-1-5-31-16)20(29)18(19)21(30)25-9-17(27)28/h1-8,29H,9H2,(H,25,30)(H,27,28). The van der Waals surface area contributed by atoms with Gasteiger partial charge in [-0.2, -0.15) is 0 Å². The quantitative estimate of drug-likeness (QED) is 0.434. The number of aromatic nitrogens is 2. The van der Waals surface area contributed by atoms with Crippen molar-refractivity contribution in [1.82, 2.24) is 15.3 Å². The average molecular weight is 441 g/mol. The van der Waals surface area contributed by atoms with Crippen LogP contribution in [0.2, 0.25) is 0 Å². The van der Waals surface area contributed by atoms with Gasteiger partial charge in [-0.3, -0.25) is 14.6 Å². The van der Waals surface area contributed by atoms with Crippen LogP contribution in [0, 0.1) is 11.6 Å². The highest BCUT2D eigenvalue weighted by Crippen LogP contribution is 2.39. The summed E-state index contributed by atoms with van der Waals surface area (Å²) in [4.78, 5) is 32.7. The van der Waals surface area contributed by atoms with Gasteiger partial charge in [0.2, 0.25) is 0 Å². The third-order valence-electron chi connectivity index (χ3n) is 4.44. The fourth-order valence-corrected chi connectivity index (χ4v) is 3.77. The van der Waals surface area contributed by atoms with E-state index in [1.54, 1.807) is 17.5 Å². The number of halogens is 2. The topological polar surface area (TPSA) is 112 Å². The number of nitrogens with zero attached hydrogens (tertiary/aromatic N) is 2. The molecule has 0 aliphatic rings. The van der Waals surface area contributed by atoms with Crippen LogP contribution in [0.25, 0.3) is 32.7 Å². The second kappa shape index (κ2) is 8.07. The largest absolute Gasteiger partial charge is 0.506 e. The van der Waals surface area contributed by atoms with E-state index in [1.165, 1.54) is 29.7 Å². The minimum absolute atomic E-state index is 0.0343. The molecule has 4 aromatic rings. The number of rotatable bonds is 5. The molecule has 0 saturated carbocycles. The molecule has 3 N–H and O–H groups in total. The fourth-order valence-electron chi connectivity index (χ4n) is 3.02. The number of phenolic OH excluding ortho intramolecular Hbond substituents is 1. The van der Waals surface area contributed by atoms with Crippen molar-refractivity contribution in [3.05, 3.63) is 65.2 Å². The van der Waals surface area contributed by atoms with Gasteiger partial charge < -0.3 is 15.5 Å². The van der Waals surface area contributed by atoms with Crippen molar-refractivity contribution < 1.29 is 28.6 Å². The summed E-state index contributed by atoms with van der Waals surface area (Å²) in [6.07, 6.45) is 1.26. The number of carbonyl (C=O) groups is 2. The van der Waals surface area contributed by atoms with Crippen LogP contribution in [0.4, 0.5) is 8.78 Å². The fraction of sp³-hybridized carbons (Fsp3) is 0.0476. The Hall–Kier alpha value is -3.92. The maximum absolute atomic E-state index is 13.6. The number of aromatic hydroxyl groups is 1. The van der Waals surface area contributed by atoms with E-state index in [-0.39, 0.29) is 33.6 Å². The van der Waals surface area contributed by atoms with E-state index >= 15 is 0 Å². The maximum atomic E-state index is 13.6. The predicted molar refractivity (Wildman–Crippen MR) is 110 cm³/mol. The molecule has 0 aliphatic heterocycles. The highest BCUT2D eigenvalue weighted by molar-refractivity contribution is 7.13. The van der Waals surface area contributed by atoms with Gasteiger partial charge in [-0.25, -0.2) is 13.8 Å². The lowest BCUT2D eigenvalue weighted by Crippen LogP contribution is -2.29. The van der Waals surface area contributed by atoms with Crippen LogP contribution in [-0.2, 0) is 4.79 Å². The number of aliphatic carboxylic acids is 1. The molecule has 0 atom stereocenters. The molecule has 0 unspecified atom stereocenters. The second-order valence-corrected chi connectivity index (χ2v) is 7.40. The van der Waals surface area contributed by atoms with E-state index in [1.807, 2.05) is 0 Å². The monoisotopic (exact) mass is 441 g/mol. The number of amides is 1. The Morgan fingerprint density at radius 2 is 1.94 bits per heavy atom. The molecule has 2 aromatic heterocycles. The third-order valence-corrected chi connectivity index (χ3v) is 5.34. The molecule has 2 heterocycles. The molecule has 31 heavy (non-hydrogen) atoms. The number of phenols is 1. The molecule has 0 fully saturated rings. The third kappa shape index (κ3) is 3.92. The normalized spacial score (nSPS) is 10.9. The lowest BCUT2D eigenvalue weighted by atomic mass is 10.0. The number of carboxylic acid groups (broad SMARTS) is 1. The summed E-state index contributed by atoms with van der Waals surface area (Å²) in [6, 6.07) is 8.31. The zero-order valence-electron chi connectivity index (χ0n) is 15.6. The number of fused-ring (bicyclic) bond motifs is 1. The summed E-state index contributed by atoms with van der Waals surface area (Å²) in [7, 11) is 0. The number of carbonyl (C=O) groups excluding carboxylic acids is 1. The number of hydrogen-bond acceptors (Lipinski definition) is 6.